The zero-order valence-electron chi connectivity index (χ0n) is 23.1. The van der Waals surface area contributed by atoms with Crippen LogP contribution in [0.1, 0.15) is 68.7 Å². The summed E-state index contributed by atoms with van der Waals surface area (Å²) in [5.74, 6) is -2.02. The van der Waals surface area contributed by atoms with Gasteiger partial charge in [-0.1, -0.05) is 34.6 Å². The fraction of sp³-hybridized carbons (Fsp3) is 0.870. The van der Waals surface area contributed by atoms with Crippen molar-refractivity contribution < 1.29 is 40.9 Å². The number of esters is 2. The second kappa shape index (κ2) is 13.2. The van der Waals surface area contributed by atoms with E-state index in [1.165, 1.54) is 13.8 Å². The standard InChI is InChI=1S/C23H45NO9SSi/c1-16(2)31-20(26)17(3)32-21(27)19(33-35(10,11)22(5,6)7)23(8,9)15-30-34(28,29)14-12-13-24-18(4)25/h16-17,19H,12-15H2,1-11H3,(H,24,25)/t17-,19-/m0/s1. The van der Waals surface area contributed by atoms with Gasteiger partial charge in [-0.3, -0.25) is 8.98 Å². The van der Waals surface area contributed by atoms with E-state index in [0.717, 1.165) is 0 Å². The summed E-state index contributed by atoms with van der Waals surface area (Å²) in [6.45, 7) is 19.2. The Hall–Kier alpha value is -1.50. The molecule has 0 saturated carbocycles. The van der Waals surface area contributed by atoms with Crippen molar-refractivity contribution in [3.63, 3.8) is 0 Å². The molecule has 1 N–H and O–H groups in total. The van der Waals surface area contributed by atoms with E-state index in [9.17, 15) is 22.8 Å². The maximum absolute atomic E-state index is 13.2. The third-order valence-electron chi connectivity index (χ3n) is 5.67. The molecule has 0 aliphatic rings. The van der Waals surface area contributed by atoms with Crippen LogP contribution in [0.15, 0.2) is 0 Å². The summed E-state index contributed by atoms with van der Waals surface area (Å²) in [4.78, 5) is 36.3. The highest BCUT2D eigenvalue weighted by atomic mass is 32.2. The van der Waals surface area contributed by atoms with Crippen LogP contribution in [0.2, 0.25) is 18.1 Å². The molecule has 0 bridgehead atoms. The molecule has 0 spiro atoms. The third-order valence-corrected chi connectivity index (χ3v) is 11.4. The van der Waals surface area contributed by atoms with Gasteiger partial charge in [0.1, 0.15) is 0 Å². The Labute approximate surface area is 212 Å². The van der Waals surface area contributed by atoms with Gasteiger partial charge in [-0.25, -0.2) is 9.59 Å². The van der Waals surface area contributed by atoms with Gasteiger partial charge in [0.2, 0.25) is 5.91 Å². The molecule has 0 aromatic rings. The minimum atomic E-state index is -3.92. The number of ether oxygens (including phenoxy) is 2. The lowest BCUT2D eigenvalue weighted by atomic mass is 9.87. The van der Waals surface area contributed by atoms with E-state index < -0.39 is 48.0 Å². The number of carbonyl (C=O) groups is 3. The number of hydrogen-bond acceptors (Lipinski definition) is 9. The highest BCUT2D eigenvalue weighted by Gasteiger charge is 2.47. The Morgan fingerprint density at radius 2 is 1.49 bits per heavy atom. The topological polar surface area (TPSA) is 134 Å². The van der Waals surface area contributed by atoms with Crippen molar-refractivity contribution in [3.8, 4) is 0 Å². The Morgan fingerprint density at radius 3 is 1.94 bits per heavy atom. The molecule has 0 radical (unpaired) electrons. The number of amides is 1. The fourth-order valence-electron chi connectivity index (χ4n) is 2.50. The number of rotatable bonds is 14. The summed E-state index contributed by atoms with van der Waals surface area (Å²) in [5, 5.41) is 2.28. The molecule has 0 aromatic carbocycles. The normalized spacial score (nSPS) is 14.9. The highest BCUT2D eigenvalue weighted by molar-refractivity contribution is 7.86. The molecule has 0 rings (SSSR count). The molecule has 0 heterocycles. The summed E-state index contributed by atoms with van der Waals surface area (Å²) in [6, 6.07) is 0. The Balaban J connectivity index is 5.65. The van der Waals surface area contributed by atoms with Crippen molar-refractivity contribution in [3.05, 3.63) is 0 Å². The molecule has 0 saturated heterocycles. The van der Waals surface area contributed by atoms with Crippen LogP contribution in [0.3, 0.4) is 0 Å². The first-order valence-electron chi connectivity index (χ1n) is 11.8. The minimum absolute atomic E-state index is 0.184. The van der Waals surface area contributed by atoms with Gasteiger partial charge in [0.05, 0.1) is 18.5 Å². The molecular formula is C23H45NO9SSi. The summed E-state index contributed by atoms with van der Waals surface area (Å²) < 4.78 is 46.9. The largest absolute Gasteiger partial charge is 0.460 e. The van der Waals surface area contributed by atoms with Crippen molar-refractivity contribution in [2.75, 3.05) is 18.9 Å². The monoisotopic (exact) mass is 539 g/mol. The summed E-state index contributed by atoms with van der Waals surface area (Å²) in [7, 11) is -6.43. The predicted octanol–water partition coefficient (Wildman–Crippen LogP) is 3.16. The highest BCUT2D eigenvalue weighted by Crippen LogP contribution is 2.40. The average molecular weight is 540 g/mol. The first-order chi connectivity index (χ1) is 15.6. The van der Waals surface area contributed by atoms with Crippen molar-refractivity contribution in [2.45, 2.75) is 105 Å². The molecule has 0 unspecified atom stereocenters. The molecule has 206 valence electrons. The van der Waals surface area contributed by atoms with Crippen LogP contribution in [0.25, 0.3) is 0 Å². The number of carbonyl (C=O) groups excluding carboxylic acids is 3. The molecule has 2 atom stereocenters. The molecular weight excluding hydrogens is 494 g/mol. The van der Waals surface area contributed by atoms with E-state index in [1.54, 1.807) is 27.7 Å². The maximum atomic E-state index is 13.2. The summed E-state index contributed by atoms with van der Waals surface area (Å²) >= 11 is 0. The van der Waals surface area contributed by atoms with Crippen molar-refractivity contribution in [1.29, 1.82) is 0 Å². The van der Waals surface area contributed by atoms with E-state index in [0.29, 0.717) is 0 Å². The van der Waals surface area contributed by atoms with Crippen LogP contribution < -0.4 is 5.32 Å². The van der Waals surface area contributed by atoms with E-state index in [1.807, 2.05) is 33.9 Å². The van der Waals surface area contributed by atoms with E-state index in [-0.39, 0.29) is 42.4 Å². The van der Waals surface area contributed by atoms with Gasteiger partial charge >= 0.3 is 11.9 Å². The Bertz CT molecular complexity index is 832. The van der Waals surface area contributed by atoms with E-state index >= 15 is 0 Å². The van der Waals surface area contributed by atoms with Crippen LogP contribution in [0.4, 0.5) is 0 Å². The summed E-state index contributed by atoms with van der Waals surface area (Å²) in [5.41, 5.74) is -1.11. The van der Waals surface area contributed by atoms with Crippen molar-refractivity contribution in [1.82, 2.24) is 5.32 Å². The molecule has 0 aromatic heterocycles. The Morgan fingerprint density at radius 1 is 0.943 bits per heavy atom. The molecule has 0 aliphatic carbocycles. The van der Waals surface area contributed by atoms with Gasteiger partial charge in [0.25, 0.3) is 10.1 Å². The number of hydrogen-bond donors (Lipinski definition) is 1. The van der Waals surface area contributed by atoms with Gasteiger partial charge in [-0.15, -0.1) is 0 Å². The molecule has 0 aliphatic heterocycles. The second-order valence-corrected chi connectivity index (χ2v) is 17.7. The van der Waals surface area contributed by atoms with Gasteiger partial charge < -0.3 is 19.2 Å². The van der Waals surface area contributed by atoms with Crippen molar-refractivity contribution in [2.24, 2.45) is 5.41 Å². The number of nitrogens with one attached hydrogen (secondary N) is 1. The van der Waals surface area contributed by atoms with Crippen LogP contribution in [0.5, 0.6) is 0 Å². The molecule has 35 heavy (non-hydrogen) atoms. The van der Waals surface area contributed by atoms with Crippen LogP contribution in [0, 0.1) is 5.41 Å². The van der Waals surface area contributed by atoms with Gasteiger partial charge in [-0.2, -0.15) is 8.42 Å². The second-order valence-electron chi connectivity index (χ2n) is 11.2. The lowest BCUT2D eigenvalue weighted by Crippen LogP contribution is -2.53. The predicted molar refractivity (Wildman–Crippen MR) is 136 cm³/mol. The summed E-state index contributed by atoms with van der Waals surface area (Å²) in [6.07, 6.45) is -2.54. The third kappa shape index (κ3) is 12.3. The first-order valence-corrected chi connectivity index (χ1v) is 16.3. The average Bonchev–Trinajstić information content (AvgIpc) is 2.66. The zero-order valence-corrected chi connectivity index (χ0v) is 25.0. The van der Waals surface area contributed by atoms with Crippen molar-refractivity contribution >= 4 is 36.3 Å². The van der Waals surface area contributed by atoms with E-state index in [2.05, 4.69) is 5.32 Å². The fourth-order valence-corrected chi connectivity index (χ4v) is 4.96. The quantitative estimate of drug-likeness (QED) is 0.153. The van der Waals surface area contributed by atoms with Crippen LogP contribution >= 0.6 is 0 Å². The lowest BCUT2D eigenvalue weighted by molar-refractivity contribution is -0.177. The molecule has 10 nitrogen and oxygen atoms in total. The lowest BCUT2D eigenvalue weighted by Gasteiger charge is -2.43. The molecule has 0 fully saturated rings. The maximum Gasteiger partial charge on any atom is 0.347 e. The van der Waals surface area contributed by atoms with Crippen LogP contribution in [-0.4, -0.2) is 71.8 Å². The first kappa shape index (κ1) is 33.5. The van der Waals surface area contributed by atoms with Crippen LogP contribution in [-0.2, 0) is 42.6 Å². The molecule has 1 amide bonds. The van der Waals surface area contributed by atoms with E-state index in [4.69, 9.17) is 18.1 Å². The van der Waals surface area contributed by atoms with Gasteiger partial charge in [0.15, 0.2) is 20.5 Å². The van der Waals surface area contributed by atoms with Gasteiger partial charge in [0, 0.05) is 18.9 Å². The SMILES string of the molecule is CC(=O)NCCCS(=O)(=O)OCC(C)(C)[C@@H](O[Si](C)(C)C(C)(C)C)C(=O)O[C@@H](C)C(=O)OC(C)C. The smallest absolute Gasteiger partial charge is 0.347 e. The van der Waals surface area contributed by atoms with Gasteiger partial charge in [-0.05, 0) is 45.3 Å². The zero-order chi connectivity index (χ0) is 27.8. The molecule has 12 heteroatoms. The Kier molecular flexibility index (Phi) is 12.6. The minimum Gasteiger partial charge on any atom is -0.460 e.